The van der Waals surface area contributed by atoms with Crippen molar-refractivity contribution in [3.63, 3.8) is 0 Å². The normalized spacial score (nSPS) is 18.7. The summed E-state index contributed by atoms with van der Waals surface area (Å²) in [6.07, 6.45) is 4.57. The molecule has 0 saturated heterocycles. The van der Waals surface area contributed by atoms with E-state index in [0.717, 1.165) is 6.42 Å². The SMILES string of the molecule is CCCCC(CC)COCC(C)(O)C(O)CC. The van der Waals surface area contributed by atoms with Crippen LogP contribution in [0.1, 0.15) is 59.8 Å². The fourth-order valence-electron chi connectivity index (χ4n) is 1.87. The van der Waals surface area contributed by atoms with E-state index in [1.807, 2.05) is 6.92 Å². The maximum Gasteiger partial charge on any atom is 0.111 e. The molecule has 3 heteroatoms. The Balaban J connectivity index is 3.86. The Kier molecular flexibility index (Phi) is 8.83. The fraction of sp³-hybridized carbons (Fsp3) is 1.00. The van der Waals surface area contributed by atoms with Gasteiger partial charge in [-0.1, -0.05) is 40.0 Å². The molecule has 3 atom stereocenters. The predicted octanol–water partition coefficient (Wildman–Crippen LogP) is 2.74. The standard InChI is InChI=1S/C14H30O3/c1-5-8-9-12(6-2)10-17-11-14(4,16)13(15)7-3/h12-13,15-16H,5-11H2,1-4H3. The number of aliphatic hydroxyl groups is 2. The van der Waals surface area contributed by atoms with Crippen LogP contribution in [-0.2, 0) is 4.74 Å². The first-order valence-electron chi connectivity index (χ1n) is 6.96. The molecule has 0 aromatic rings. The van der Waals surface area contributed by atoms with Gasteiger partial charge in [0.15, 0.2) is 0 Å². The lowest BCUT2D eigenvalue weighted by Crippen LogP contribution is -2.43. The van der Waals surface area contributed by atoms with E-state index in [1.165, 1.54) is 19.3 Å². The van der Waals surface area contributed by atoms with Crippen molar-refractivity contribution in [3.05, 3.63) is 0 Å². The van der Waals surface area contributed by atoms with Gasteiger partial charge in [0.2, 0.25) is 0 Å². The molecule has 0 bridgehead atoms. The first-order chi connectivity index (χ1) is 7.97. The summed E-state index contributed by atoms with van der Waals surface area (Å²) in [7, 11) is 0. The Bertz CT molecular complexity index is 180. The maximum atomic E-state index is 9.97. The highest BCUT2D eigenvalue weighted by molar-refractivity contribution is 4.80. The van der Waals surface area contributed by atoms with Crippen molar-refractivity contribution in [3.8, 4) is 0 Å². The van der Waals surface area contributed by atoms with Crippen LogP contribution in [-0.4, -0.2) is 35.1 Å². The topological polar surface area (TPSA) is 49.7 Å². The molecule has 0 rings (SSSR count). The predicted molar refractivity (Wildman–Crippen MR) is 71.0 cm³/mol. The summed E-state index contributed by atoms with van der Waals surface area (Å²) in [6, 6.07) is 0. The van der Waals surface area contributed by atoms with Crippen LogP contribution < -0.4 is 0 Å². The highest BCUT2D eigenvalue weighted by Gasteiger charge is 2.29. The molecule has 0 aromatic carbocycles. The van der Waals surface area contributed by atoms with Crippen molar-refractivity contribution in [1.29, 1.82) is 0 Å². The Hall–Kier alpha value is -0.120. The Morgan fingerprint density at radius 3 is 2.29 bits per heavy atom. The maximum absolute atomic E-state index is 9.97. The zero-order valence-corrected chi connectivity index (χ0v) is 11.9. The molecule has 0 aliphatic heterocycles. The van der Waals surface area contributed by atoms with Crippen LogP contribution in [0.4, 0.5) is 0 Å². The van der Waals surface area contributed by atoms with Crippen molar-refractivity contribution >= 4 is 0 Å². The van der Waals surface area contributed by atoms with Gasteiger partial charge in [-0.3, -0.25) is 0 Å². The van der Waals surface area contributed by atoms with Crippen LogP contribution in [0.25, 0.3) is 0 Å². The monoisotopic (exact) mass is 246 g/mol. The van der Waals surface area contributed by atoms with E-state index in [9.17, 15) is 10.2 Å². The number of unbranched alkanes of at least 4 members (excludes halogenated alkanes) is 1. The molecular weight excluding hydrogens is 216 g/mol. The van der Waals surface area contributed by atoms with Crippen LogP contribution in [0.5, 0.6) is 0 Å². The summed E-state index contributed by atoms with van der Waals surface area (Å²) < 4.78 is 5.56. The quantitative estimate of drug-likeness (QED) is 0.623. The van der Waals surface area contributed by atoms with Crippen LogP contribution in [0.2, 0.25) is 0 Å². The van der Waals surface area contributed by atoms with Gasteiger partial charge < -0.3 is 14.9 Å². The average Bonchev–Trinajstić information content (AvgIpc) is 2.32. The molecule has 0 amide bonds. The second kappa shape index (κ2) is 8.90. The zero-order valence-electron chi connectivity index (χ0n) is 11.9. The first kappa shape index (κ1) is 16.9. The first-order valence-corrected chi connectivity index (χ1v) is 6.96. The van der Waals surface area contributed by atoms with Crippen molar-refractivity contribution in [2.45, 2.75) is 71.5 Å². The van der Waals surface area contributed by atoms with E-state index in [4.69, 9.17) is 4.74 Å². The minimum atomic E-state index is -1.13. The van der Waals surface area contributed by atoms with Crippen LogP contribution >= 0.6 is 0 Å². The molecule has 0 heterocycles. The molecule has 3 nitrogen and oxygen atoms in total. The second-order valence-corrected chi connectivity index (χ2v) is 5.21. The fourth-order valence-corrected chi connectivity index (χ4v) is 1.87. The van der Waals surface area contributed by atoms with Crippen molar-refractivity contribution < 1.29 is 14.9 Å². The van der Waals surface area contributed by atoms with Crippen LogP contribution in [0, 0.1) is 5.92 Å². The summed E-state index contributed by atoms with van der Waals surface area (Å²) in [5.74, 6) is 0.574. The van der Waals surface area contributed by atoms with Crippen molar-refractivity contribution in [2.75, 3.05) is 13.2 Å². The molecule has 0 aliphatic rings. The number of aliphatic hydroxyl groups excluding tert-OH is 1. The second-order valence-electron chi connectivity index (χ2n) is 5.21. The Labute approximate surface area is 106 Å². The Morgan fingerprint density at radius 1 is 1.18 bits per heavy atom. The highest BCUT2D eigenvalue weighted by Crippen LogP contribution is 2.16. The molecule has 17 heavy (non-hydrogen) atoms. The average molecular weight is 246 g/mol. The summed E-state index contributed by atoms with van der Waals surface area (Å²) in [4.78, 5) is 0. The van der Waals surface area contributed by atoms with Gasteiger partial charge in [-0.05, 0) is 25.7 Å². The van der Waals surface area contributed by atoms with E-state index in [1.54, 1.807) is 6.92 Å². The van der Waals surface area contributed by atoms with E-state index in [-0.39, 0.29) is 6.61 Å². The Morgan fingerprint density at radius 2 is 1.82 bits per heavy atom. The van der Waals surface area contributed by atoms with Gasteiger partial charge in [0.1, 0.15) is 5.60 Å². The van der Waals surface area contributed by atoms with Gasteiger partial charge in [-0.25, -0.2) is 0 Å². The summed E-state index contributed by atoms with van der Waals surface area (Å²) >= 11 is 0. The molecule has 0 aliphatic carbocycles. The molecule has 0 radical (unpaired) electrons. The molecule has 3 unspecified atom stereocenters. The van der Waals surface area contributed by atoms with Crippen LogP contribution in [0.3, 0.4) is 0 Å². The van der Waals surface area contributed by atoms with Gasteiger partial charge >= 0.3 is 0 Å². The van der Waals surface area contributed by atoms with Gasteiger partial charge in [0.05, 0.1) is 12.7 Å². The summed E-state index contributed by atoms with van der Waals surface area (Å²) in [5, 5.41) is 19.6. The lowest BCUT2D eigenvalue weighted by molar-refractivity contribution is -0.114. The summed E-state index contributed by atoms with van der Waals surface area (Å²) in [5.41, 5.74) is -1.13. The molecule has 2 N–H and O–H groups in total. The van der Waals surface area contributed by atoms with Gasteiger partial charge in [0.25, 0.3) is 0 Å². The lowest BCUT2D eigenvalue weighted by atomic mass is 9.98. The van der Waals surface area contributed by atoms with E-state index < -0.39 is 11.7 Å². The minimum Gasteiger partial charge on any atom is -0.390 e. The van der Waals surface area contributed by atoms with Crippen LogP contribution in [0.15, 0.2) is 0 Å². The third kappa shape index (κ3) is 7.02. The zero-order chi connectivity index (χ0) is 13.3. The number of hydrogen-bond acceptors (Lipinski definition) is 3. The van der Waals surface area contributed by atoms with E-state index in [2.05, 4.69) is 13.8 Å². The van der Waals surface area contributed by atoms with Crippen molar-refractivity contribution in [1.82, 2.24) is 0 Å². The van der Waals surface area contributed by atoms with E-state index in [0.29, 0.717) is 18.9 Å². The third-order valence-corrected chi connectivity index (χ3v) is 3.40. The van der Waals surface area contributed by atoms with Gasteiger partial charge in [-0.2, -0.15) is 0 Å². The van der Waals surface area contributed by atoms with E-state index >= 15 is 0 Å². The van der Waals surface area contributed by atoms with Crippen molar-refractivity contribution in [2.24, 2.45) is 5.92 Å². The van der Waals surface area contributed by atoms with Gasteiger partial charge in [0, 0.05) is 6.61 Å². The third-order valence-electron chi connectivity index (χ3n) is 3.40. The number of ether oxygens (including phenoxy) is 1. The number of rotatable bonds is 10. The highest BCUT2D eigenvalue weighted by atomic mass is 16.5. The molecule has 104 valence electrons. The minimum absolute atomic E-state index is 0.213. The summed E-state index contributed by atoms with van der Waals surface area (Å²) in [6.45, 7) is 8.75. The number of hydrogen-bond donors (Lipinski definition) is 2. The largest absolute Gasteiger partial charge is 0.390 e. The molecule has 0 spiro atoms. The lowest BCUT2D eigenvalue weighted by Gasteiger charge is -2.28. The molecular formula is C14H30O3. The van der Waals surface area contributed by atoms with Gasteiger partial charge in [-0.15, -0.1) is 0 Å². The smallest absolute Gasteiger partial charge is 0.111 e. The molecule has 0 fully saturated rings. The molecule has 0 aromatic heterocycles. The molecule has 0 saturated carbocycles.